The lowest BCUT2D eigenvalue weighted by molar-refractivity contribution is -0.122. The molecule has 0 atom stereocenters. The molecule has 4 rings (SSSR count). The molecule has 0 unspecified atom stereocenters. The van der Waals surface area contributed by atoms with Crippen LogP contribution in [0.1, 0.15) is 58.0 Å². The van der Waals surface area contributed by atoms with Crippen LogP contribution in [0.15, 0.2) is 36.5 Å². The fourth-order valence-corrected chi connectivity index (χ4v) is 5.22. The first kappa shape index (κ1) is 26.5. The van der Waals surface area contributed by atoms with Gasteiger partial charge in [0.1, 0.15) is 10.6 Å². The van der Waals surface area contributed by atoms with E-state index in [9.17, 15) is 14.4 Å². The number of halogens is 1. The zero-order valence-electron chi connectivity index (χ0n) is 20.9. The van der Waals surface area contributed by atoms with Crippen LogP contribution in [0.4, 0.5) is 10.8 Å². The Morgan fingerprint density at radius 1 is 1.22 bits per heavy atom. The molecule has 3 aromatic rings. The largest absolute Gasteiger partial charge is 0.461 e. The Balaban J connectivity index is 1.69. The summed E-state index contributed by atoms with van der Waals surface area (Å²) >= 11 is 7.13. The number of rotatable bonds is 8. The quantitative estimate of drug-likeness (QED) is 0.326. The van der Waals surface area contributed by atoms with Gasteiger partial charge in [-0.05, 0) is 30.0 Å². The van der Waals surface area contributed by atoms with Crippen LogP contribution in [0.25, 0.3) is 0 Å². The van der Waals surface area contributed by atoms with Gasteiger partial charge >= 0.3 is 5.97 Å². The fraction of sp³-hybridized carbons (Fsp3) is 0.360. The molecule has 0 spiro atoms. The Hall–Kier alpha value is -3.57. The average molecular weight is 543 g/mol. The molecule has 1 aliphatic heterocycles. The first-order chi connectivity index (χ1) is 17.7. The number of carbonyl (C=O) groups is 3. The van der Waals surface area contributed by atoms with E-state index in [1.54, 1.807) is 6.92 Å². The summed E-state index contributed by atoms with van der Waals surface area (Å²) in [6, 6.07) is 9.24. The number of nitrogens with one attached hydrogen (secondary N) is 2. The number of amides is 2. The topological polar surface area (TPSA) is 126 Å². The lowest BCUT2D eigenvalue weighted by Crippen LogP contribution is -2.65. The number of carbonyl (C=O) groups excluding carboxylic acids is 3. The van der Waals surface area contributed by atoms with Gasteiger partial charge in [-0.2, -0.15) is 0 Å². The first-order valence-electron chi connectivity index (χ1n) is 11.7. The van der Waals surface area contributed by atoms with E-state index < -0.39 is 17.3 Å². The standard InChI is InChI=1S/C25H27ClN6O4S/c1-5-36-22(34)21-30-31-24(37-21)32-12-25(13-32,17-9-7-6-8-15(17)14(2)3)23(35)29-18-11-28-19(26)10-16(18)20(33)27-4/h6-11,14H,5,12-13H2,1-4H3,(H,27,33)(H,29,35). The van der Waals surface area contributed by atoms with Crippen LogP contribution in [-0.2, 0) is 14.9 Å². The summed E-state index contributed by atoms with van der Waals surface area (Å²) in [6.45, 7) is 6.71. The van der Waals surface area contributed by atoms with Crippen molar-refractivity contribution >= 4 is 51.5 Å². The van der Waals surface area contributed by atoms with Crippen molar-refractivity contribution in [2.75, 3.05) is 37.0 Å². The van der Waals surface area contributed by atoms with Crippen LogP contribution < -0.4 is 15.5 Å². The fourth-order valence-electron chi connectivity index (χ4n) is 4.33. The highest BCUT2D eigenvalue weighted by Gasteiger charge is 2.53. The molecule has 1 fully saturated rings. The Bertz CT molecular complexity index is 1340. The van der Waals surface area contributed by atoms with Crippen molar-refractivity contribution in [3.8, 4) is 0 Å². The second kappa shape index (κ2) is 10.8. The van der Waals surface area contributed by atoms with Gasteiger partial charge in [0.15, 0.2) is 0 Å². The number of esters is 1. The third kappa shape index (κ3) is 5.14. The van der Waals surface area contributed by atoms with Crippen LogP contribution >= 0.6 is 22.9 Å². The molecule has 0 saturated carbocycles. The van der Waals surface area contributed by atoms with Crippen LogP contribution in [0.3, 0.4) is 0 Å². The summed E-state index contributed by atoms with van der Waals surface area (Å²) in [4.78, 5) is 44.4. The number of hydrogen-bond acceptors (Lipinski definition) is 9. The van der Waals surface area contributed by atoms with E-state index in [1.165, 1.54) is 19.3 Å². The van der Waals surface area contributed by atoms with E-state index in [0.717, 1.165) is 22.5 Å². The smallest absolute Gasteiger partial charge is 0.369 e. The molecular formula is C25H27ClN6O4S. The number of anilines is 2. The second-order valence-corrected chi connectivity index (χ2v) is 10.2. The molecule has 1 aromatic carbocycles. The highest BCUT2D eigenvalue weighted by molar-refractivity contribution is 7.17. The Labute approximate surface area is 223 Å². The number of aromatic nitrogens is 3. The lowest BCUT2D eigenvalue weighted by Gasteiger charge is -2.49. The van der Waals surface area contributed by atoms with E-state index in [-0.39, 0.29) is 39.8 Å². The third-order valence-electron chi connectivity index (χ3n) is 6.18. The molecule has 2 N–H and O–H groups in total. The maximum Gasteiger partial charge on any atom is 0.369 e. The molecule has 0 aliphatic carbocycles. The molecule has 1 aliphatic rings. The van der Waals surface area contributed by atoms with Gasteiger partial charge in [-0.25, -0.2) is 9.78 Å². The van der Waals surface area contributed by atoms with E-state index in [2.05, 4.69) is 39.7 Å². The third-order valence-corrected chi connectivity index (χ3v) is 7.35. The number of hydrogen-bond donors (Lipinski definition) is 2. The summed E-state index contributed by atoms with van der Waals surface area (Å²) in [5, 5.41) is 14.4. The normalized spacial score (nSPS) is 14.2. The molecule has 3 heterocycles. The summed E-state index contributed by atoms with van der Waals surface area (Å²) in [5.41, 5.74) is 1.45. The number of pyridine rings is 1. The van der Waals surface area contributed by atoms with Gasteiger partial charge in [-0.15, -0.1) is 10.2 Å². The van der Waals surface area contributed by atoms with Crippen LogP contribution in [0.2, 0.25) is 5.15 Å². The van der Waals surface area contributed by atoms with Crippen molar-refractivity contribution in [3.05, 3.63) is 63.4 Å². The van der Waals surface area contributed by atoms with Gasteiger partial charge in [-0.1, -0.05) is 61.1 Å². The molecule has 12 heteroatoms. The minimum absolute atomic E-state index is 0.139. The van der Waals surface area contributed by atoms with E-state index in [0.29, 0.717) is 18.2 Å². The maximum absolute atomic E-state index is 14.0. The van der Waals surface area contributed by atoms with Gasteiger partial charge in [0.2, 0.25) is 16.0 Å². The Morgan fingerprint density at radius 3 is 2.62 bits per heavy atom. The minimum Gasteiger partial charge on any atom is -0.461 e. The summed E-state index contributed by atoms with van der Waals surface area (Å²) < 4.78 is 5.02. The average Bonchev–Trinajstić information content (AvgIpc) is 3.34. The molecular weight excluding hydrogens is 516 g/mol. The van der Waals surface area contributed by atoms with Crippen LogP contribution in [0, 0.1) is 0 Å². The molecule has 194 valence electrons. The lowest BCUT2D eigenvalue weighted by atomic mass is 9.70. The Kier molecular flexibility index (Phi) is 7.74. The van der Waals surface area contributed by atoms with Gasteiger partial charge in [0.25, 0.3) is 5.91 Å². The number of benzene rings is 1. The highest BCUT2D eigenvalue weighted by atomic mass is 35.5. The van der Waals surface area contributed by atoms with Crippen LogP contribution in [0.5, 0.6) is 0 Å². The van der Waals surface area contributed by atoms with Gasteiger partial charge in [0.05, 0.1) is 24.1 Å². The predicted molar refractivity (Wildman–Crippen MR) is 142 cm³/mol. The molecule has 10 nitrogen and oxygen atoms in total. The van der Waals surface area contributed by atoms with E-state index in [4.69, 9.17) is 16.3 Å². The SMILES string of the molecule is CCOC(=O)c1nnc(N2CC(C(=O)Nc3cnc(Cl)cc3C(=O)NC)(c3ccccc3C(C)C)C2)s1. The Morgan fingerprint density at radius 2 is 1.95 bits per heavy atom. The van der Waals surface area contributed by atoms with Crippen molar-refractivity contribution in [2.24, 2.45) is 0 Å². The minimum atomic E-state index is -0.948. The van der Waals surface area contributed by atoms with Crippen molar-refractivity contribution < 1.29 is 19.1 Å². The van der Waals surface area contributed by atoms with Crippen LogP contribution in [-0.4, -0.2) is 59.7 Å². The van der Waals surface area contributed by atoms with Crippen molar-refractivity contribution in [1.82, 2.24) is 20.5 Å². The molecule has 37 heavy (non-hydrogen) atoms. The van der Waals surface area contributed by atoms with Gasteiger partial charge in [-0.3, -0.25) is 9.59 Å². The van der Waals surface area contributed by atoms with Crippen molar-refractivity contribution in [1.29, 1.82) is 0 Å². The molecule has 0 bridgehead atoms. The molecule has 2 aromatic heterocycles. The molecule has 0 radical (unpaired) electrons. The number of nitrogens with zero attached hydrogens (tertiary/aromatic N) is 4. The summed E-state index contributed by atoms with van der Waals surface area (Å²) in [7, 11) is 1.50. The van der Waals surface area contributed by atoms with E-state index in [1.807, 2.05) is 29.2 Å². The zero-order valence-corrected chi connectivity index (χ0v) is 22.4. The van der Waals surface area contributed by atoms with Gasteiger partial charge in [0, 0.05) is 20.1 Å². The monoisotopic (exact) mass is 542 g/mol. The van der Waals surface area contributed by atoms with E-state index >= 15 is 0 Å². The second-order valence-electron chi connectivity index (χ2n) is 8.88. The van der Waals surface area contributed by atoms with Gasteiger partial charge < -0.3 is 20.3 Å². The first-order valence-corrected chi connectivity index (χ1v) is 12.9. The zero-order chi connectivity index (χ0) is 26.7. The summed E-state index contributed by atoms with van der Waals surface area (Å²) in [5.74, 6) is -1.04. The summed E-state index contributed by atoms with van der Waals surface area (Å²) in [6.07, 6.45) is 1.37. The molecule has 2 amide bonds. The van der Waals surface area contributed by atoms with Crippen molar-refractivity contribution in [2.45, 2.75) is 32.1 Å². The predicted octanol–water partition coefficient (Wildman–Crippen LogP) is 3.64. The maximum atomic E-state index is 14.0. The highest BCUT2D eigenvalue weighted by Crippen LogP contribution is 2.42. The molecule has 1 saturated heterocycles. The number of ether oxygens (including phenoxy) is 1. The van der Waals surface area contributed by atoms with Crippen molar-refractivity contribution in [3.63, 3.8) is 0 Å².